The van der Waals surface area contributed by atoms with Gasteiger partial charge >= 0.3 is 0 Å². The summed E-state index contributed by atoms with van der Waals surface area (Å²) < 4.78 is 2.04. The molecule has 1 aromatic heterocycles. The van der Waals surface area contributed by atoms with Crippen molar-refractivity contribution in [2.24, 2.45) is 7.05 Å². The van der Waals surface area contributed by atoms with Gasteiger partial charge in [0.15, 0.2) is 5.16 Å². The minimum absolute atomic E-state index is 0.131. The SMILES string of the molecule is CNC(C)(CO)CCCCSc1nccn1C. The van der Waals surface area contributed by atoms with Crippen molar-refractivity contribution >= 4 is 11.8 Å². The number of aromatic nitrogens is 2. The molecule has 2 N–H and O–H groups in total. The Morgan fingerprint density at radius 1 is 1.53 bits per heavy atom. The number of thioether (sulfide) groups is 1. The van der Waals surface area contributed by atoms with Crippen molar-refractivity contribution in [3.63, 3.8) is 0 Å². The zero-order chi connectivity index (χ0) is 12.7. The van der Waals surface area contributed by atoms with Crippen molar-refractivity contribution in [2.45, 2.75) is 36.9 Å². The molecule has 17 heavy (non-hydrogen) atoms. The van der Waals surface area contributed by atoms with Gasteiger partial charge in [-0.2, -0.15) is 0 Å². The summed E-state index contributed by atoms with van der Waals surface area (Å²) in [5, 5.41) is 13.5. The maximum absolute atomic E-state index is 9.25. The summed E-state index contributed by atoms with van der Waals surface area (Å²) in [5.74, 6) is 1.08. The van der Waals surface area contributed by atoms with E-state index in [1.165, 1.54) is 0 Å². The third-order valence-electron chi connectivity index (χ3n) is 3.08. The van der Waals surface area contributed by atoms with Gasteiger partial charge in [-0.3, -0.25) is 0 Å². The second-order valence-corrected chi connectivity index (χ2v) is 5.66. The van der Waals surface area contributed by atoms with Gasteiger partial charge in [-0.05, 0) is 26.8 Å². The summed E-state index contributed by atoms with van der Waals surface area (Å²) in [6.07, 6.45) is 7.06. The van der Waals surface area contributed by atoms with Crippen molar-refractivity contribution in [1.82, 2.24) is 14.9 Å². The number of unbranched alkanes of at least 4 members (excludes halogenated alkanes) is 1. The minimum Gasteiger partial charge on any atom is -0.394 e. The van der Waals surface area contributed by atoms with Crippen molar-refractivity contribution in [2.75, 3.05) is 19.4 Å². The highest BCUT2D eigenvalue weighted by atomic mass is 32.2. The van der Waals surface area contributed by atoms with Crippen LogP contribution in [0, 0.1) is 0 Å². The van der Waals surface area contributed by atoms with E-state index >= 15 is 0 Å². The van der Waals surface area contributed by atoms with Gasteiger partial charge in [-0.25, -0.2) is 4.98 Å². The van der Waals surface area contributed by atoms with Gasteiger partial charge in [0.1, 0.15) is 0 Å². The van der Waals surface area contributed by atoms with Crippen molar-refractivity contribution in [3.8, 4) is 0 Å². The number of nitrogens with one attached hydrogen (secondary N) is 1. The molecular formula is C12H23N3OS. The maximum atomic E-state index is 9.25. The van der Waals surface area contributed by atoms with E-state index in [0.29, 0.717) is 0 Å². The van der Waals surface area contributed by atoms with E-state index in [9.17, 15) is 5.11 Å². The van der Waals surface area contributed by atoms with Crippen LogP contribution in [0.5, 0.6) is 0 Å². The molecule has 1 unspecified atom stereocenters. The highest BCUT2D eigenvalue weighted by Gasteiger charge is 2.19. The number of aryl methyl sites for hydroxylation is 1. The number of nitrogens with zero attached hydrogens (tertiary/aromatic N) is 2. The van der Waals surface area contributed by atoms with Crippen LogP contribution in [-0.4, -0.2) is 39.6 Å². The molecule has 0 saturated carbocycles. The van der Waals surface area contributed by atoms with Gasteiger partial charge in [-0.1, -0.05) is 18.2 Å². The quantitative estimate of drug-likeness (QED) is 0.549. The zero-order valence-electron chi connectivity index (χ0n) is 10.9. The smallest absolute Gasteiger partial charge is 0.167 e. The van der Waals surface area contributed by atoms with Crippen LogP contribution in [0.25, 0.3) is 0 Å². The van der Waals surface area contributed by atoms with Gasteiger partial charge in [0, 0.05) is 30.7 Å². The van der Waals surface area contributed by atoms with Gasteiger partial charge in [0.2, 0.25) is 0 Å². The lowest BCUT2D eigenvalue weighted by Crippen LogP contribution is -2.43. The van der Waals surface area contributed by atoms with Crippen LogP contribution in [0.1, 0.15) is 26.2 Å². The summed E-state index contributed by atoms with van der Waals surface area (Å²) in [6, 6.07) is 0. The molecule has 0 bridgehead atoms. The fourth-order valence-electron chi connectivity index (χ4n) is 1.55. The maximum Gasteiger partial charge on any atom is 0.167 e. The molecule has 4 nitrogen and oxygen atoms in total. The molecule has 0 aliphatic heterocycles. The lowest BCUT2D eigenvalue weighted by atomic mass is 9.96. The average Bonchev–Trinajstić information content (AvgIpc) is 2.74. The molecule has 1 heterocycles. The molecule has 0 aliphatic rings. The summed E-state index contributed by atoms with van der Waals surface area (Å²) >= 11 is 1.79. The first-order chi connectivity index (χ1) is 8.11. The van der Waals surface area contributed by atoms with E-state index in [-0.39, 0.29) is 12.1 Å². The molecule has 1 atom stereocenters. The largest absolute Gasteiger partial charge is 0.394 e. The molecule has 0 saturated heterocycles. The minimum atomic E-state index is -0.131. The summed E-state index contributed by atoms with van der Waals surface area (Å²) in [4.78, 5) is 4.27. The van der Waals surface area contributed by atoms with Crippen LogP contribution in [0.3, 0.4) is 0 Å². The number of hydrogen-bond donors (Lipinski definition) is 2. The lowest BCUT2D eigenvalue weighted by Gasteiger charge is -2.26. The Hall–Kier alpha value is -0.520. The predicted molar refractivity (Wildman–Crippen MR) is 72.3 cm³/mol. The Morgan fingerprint density at radius 3 is 2.82 bits per heavy atom. The van der Waals surface area contributed by atoms with Crippen LogP contribution in [0.4, 0.5) is 0 Å². The van der Waals surface area contributed by atoms with Crippen LogP contribution >= 0.6 is 11.8 Å². The fourth-order valence-corrected chi connectivity index (χ4v) is 2.49. The molecule has 0 fully saturated rings. The first-order valence-corrected chi connectivity index (χ1v) is 7.00. The number of aliphatic hydroxyl groups excluding tert-OH is 1. The van der Waals surface area contributed by atoms with Crippen LogP contribution < -0.4 is 5.32 Å². The summed E-state index contributed by atoms with van der Waals surface area (Å²) in [7, 11) is 3.91. The third kappa shape index (κ3) is 4.69. The standard InChI is InChI=1S/C12H23N3OS/c1-12(10-16,13-2)6-4-5-9-17-11-14-7-8-15(11)3/h7-8,13,16H,4-6,9-10H2,1-3H3. The number of imidazole rings is 1. The van der Waals surface area contributed by atoms with Crippen molar-refractivity contribution < 1.29 is 5.11 Å². The number of hydrogen-bond acceptors (Lipinski definition) is 4. The highest BCUT2D eigenvalue weighted by Crippen LogP contribution is 2.18. The van der Waals surface area contributed by atoms with Crippen molar-refractivity contribution in [3.05, 3.63) is 12.4 Å². The molecule has 0 amide bonds. The molecule has 0 radical (unpaired) electrons. The van der Waals surface area contributed by atoms with Crippen molar-refractivity contribution in [1.29, 1.82) is 0 Å². The van der Waals surface area contributed by atoms with E-state index in [2.05, 4.69) is 17.2 Å². The first-order valence-electron chi connectivity index (χ1n) is 6.01. The normalized spacial score (nSPS) is 14.8. The van der Waals surface area contributed by atoms with Gasteiger partial charge in [-0.15, -0.1) is 0 Å². The lowest BCUT2D eigenvalue weighted by molar-refractivity contribution is 0.171. The van der Waals surface area contributed by atoms with Gasteiger partial charge in [0.05, 0.1) is 6.61 Å². The summed E-state index contributed by atoms with van der Waals surface area (Å²) in [5.41, 5.74) is -0.131. The Kier molecular flexibility index (Phi) is 6.02. The average molecular weight is 257 g/mol. The monoisotopic (exact) mass is 257 g/mol. The van der Waals surface area contributed by atoms with E-state index in [4.69, 9.17) is 0 Å². The fraction of sp³-hybridized carbons (Fsp3) is 0.750. The van der Waals surface area contributed by atoms with Gasteiger partial charge < -0.3 is 15.0 Å². The van der Waals surface area contributed by atoms with E-state index < -0.39 is 0 Å². The second-order valence-electron chi connectivity index (χ2n) is 4.60. The Labute approximate surface area is 108 Å². The molecule has 1 rings (SSSR count). The Balaban J connectivity index is 2.15. The Morgan fingerprint density at radius 2 is 2.29 bits per heavy atom. The zero-order valence-corrected chi connectivity index (χ0v) is 11.8. The van der Waals surface area contributed by atoms with E-state index in [1.54, 1.807) is 11.8 Å². The molecule has 0 aromatic carbocycles. The number of likely N-dealkylation sites (N-methyl/N-ethyl adjacent to an activating group) is 1. The summed E-state index contributed by atoms with van der Waals surface area (Å²) in [6.45, 7) is 2.24. The van der Waals surface area contributed by atoms with Crippen LogP contribution in [0.2, 0.25) is 0 Å². The van der Waals surface area contributed by atoms with Crippen LogP contribution in [0.15, 0.2) is 17.6 Å². The number of aliphatic hydroxyl groups is 1. The molecule has 5 heteroatoms. The highest BCUT2D eigenvalue weighted by molar-refractivity contribution is 7.99. The molecular weight excluding hydrogens is 234 g/mol. The number of rotatable bonds is 8. The van der Waals surface area contributed by atoms with Gasteiger partial charge in [0.25, 0.3) is 0 Å². The Bertz CT molecular complexity index is 323. The van der Waals surface area contributed by atoms with E-state index in [0.717, 1.165) is 30.2 Å². The first kappa shape index (κ1) is 14.5. The third-order valence-corrected chi connectivity index (χ3v) is 4.23. The molecule has 0 aliphatic carbocycles. The van der Waals surface area contributed by atoms with E-state index in [1.807, 2.05) is 31.1 Å². The molecule has 98 valence electrons. The topological polar surface area (TPSA) is 50.1 Å². The predicted octanol–water partition coefficient (Wildman–Crippen LogP) is 1.65. The molecule has 1 aromatic rings. The molecule has 0 spiro atoms. The van der Waals surface area contributed by atoms with Crippen LogP contribution in [-0.2, 0) is 7.05 Å². The second kappa shape index (κ2) is 7.03.